The molecule has 0 radical (unpaired) electrons. The fourth-order valence-corrected chi connectivity index (χ4v) is 2.57. The van der Waals surface area contributed by atoms with Crippen LogP contribution in [0, 0.1) is 6.92 Å². The van der Waals surface area contributed by atoms with Crippen molar-refractivity contribution < 1.29 is 4.79 Å². The second kappa shape index (κ2) is 6.91. The van der Waals surface area contributed by atoms with Crippen LogP contribution in [0.15, 0.2) is 34.8 Å². The molecule has 1 amide bonds. The van der Waals surface area contributed by atoms with E-state index in [1.165, 1.54) is 0 Å². The van der Waals surface area contributed by atoms with Crippen LogP contribution in [-0.2, 0) is 0 Å². The van der Waals surface area contributed by atoms with Crippen LogP contribution in [0.2, 0.25) is 5.02 Å². The molecule has 1 aromatic carbocycles. The Morgan fingerprint density at radius 1 is 1.33 bits per heavy atom. The highest BCUT2D eigenvalue weighted by Gasteiger charge is 2.14. The van der Waals surface area contributed by atoms with Crippen molar-refractivity contribution in [3.05, 3.63) is 51.1 Å². The van der Waals surface area contributed by atoms with Crippen LogP contribution in [0.25, 0.3) is 0 Å². The standard InChI is InChI=1S/C15H15BrClN3O/c1-3-18-13-7-5-11(17)14(20-13)15(21)19-12-6-4-9(2)8-10(12)16/h4-8H,3H2,1-2H3,(H,18,20)(H,19,21). The van der Waals surface area contributed by atoms with Crippen molar-refractivity contribution in [1.29, 1.82) is 0 Å². The van der Waals surface area contributed by atoms with Crippen LogP contribution < -0.4 is 10.6 Å². The SMILES string of the molecule is CCNc1ccc(Cl)c(C(=O)Nc2ccc(C)cc2Br)n1. The lowest BCUT2D eigenvalue weighted by atomic mass is 10.2. The fraction of sp³-hybridized carbons (Fsp3) is 0.200. The third-order valence-corrected chi connectivity index (χ3v) is 3.75. The van der Waals surface area contributed by atoms with E-state index in [1.807, 2.05) is 32.0 Å². The average Bonchev–Trinajstić information content (AvgIpc) is 2.44. The van der Waals surface area contributed by atoms with E-state index in [0.717, 1.165) is 16.6 Å². The molecule has 21 heavy (non-hydrogen) atoms. The van der Waals surface area contributed by atoms with Crippen molar-refractivity contribution in [3.63, 3.8) is 0 Å². The molecule has 0 aliphatic rings. The number of rotatable bonds is 4. The summed E-state index contributed by atoms with van der Waals surface area (Å²) in [6.45, 7) is 4.66. The summed E-state index contributed by atoms with van der Waals surface area (Å²) < 4.78 is 0.815. The van der Waals surface area contributed by atoms with Crippen molar-refractivity contribution in [2.75, 3.05) is 17.2 Å². The lowest BCUT2D eigenvalue weighted by Crippen LogP contribution is -2.15. The van der Waals surface area contributed by atoms with Gasteiger partial charge in [-0.25, -0.2) is 4.98 Å². The van der Waals surface area contributed by atoms with Gasteiger partial charge < -0.3 is 10.6 Å². The Labute approximate surface area is 137 Å². The number of aromatic nitrogens is 1. The average molecular weight is 369 g/mol. The number of halogens is 2. The van der Waals surface area contributed by atoms with Gasteiger partial charge in [0.05, 0.1) is 10.7 Å². The first-order valence-corrected chi connectivity index (χ1v) is 7.66. The molecule has 0 saturated carbocycles. The van der Waals surface area contributed by atoms with Crippen LogP contribution >= 0.6 is 27.5 Å². The van der Waals surface area contributed by atoms with Crippen LogP contribution in [0.5, 0.6) is 0 Å². The molecule has 1 aromatic heterocycles. The number of carbonyl (C=O) groups excluding carboxylic acids is 1. The highest BCUT2D eigenvalue weighted by Crippen LogP contribution is 2.25. The first-order valence-electron chi connectivity index (χ1n) is 6.49. The van der Waals surface area contributed by atoms with E-state index in [1.54, 1.807) is 12.1 Å². The van der Waals surface area contributed by atoms with Gasteiger partial charge in [0.25, 0.3) is 5.91 Å². The van der Waals surface area contributed by atoms with E-state index in [4.69, 9.17) is 11.6 Å². The number of pyridine rings is 1. The van der Waals surface area contributed by atoms with Gasteiger partial charge in [0, 0.05) is 11.0 Å². The molecule has 6 heteroatoms. The zero-order valence-corrected chi connectivity index (χ0v) is 14.0. The first-order chi connectivity index (χ1) is 10.0. The van der Waals surface area contributed by atoms with Gasteiger partial charge >= 0.3 is 0 Å². The maximum Gasteiger partial charge on any atom is 0.275 e. The quantitative estimate of drug-likeness (QED) is 0.836. The molecular formula is C15H15BrClN3O. The Kier molecular flexibility index (Phi) is 5.20. The molecular weight excluding hydrogens is 354 g/mol. The molecule has 0 aliphatic carbocycles. The summed E-state index contributed by atoms with van der Waals surface area (Å²) in [5, 5.41) is 6.17. The van der Waals surface area contributed by atoms with Crippen molar-refractivity contribution in [2.24, 2.45) is 0 Å². The number of anilines is 2. The Morgan fingerprint density at radius 2 is 2.10 bits per heavy atom. The highest BCUT2D eigenvalue weighted by atomic mass is 79.9. The predicted octanol–water partition coefficient (Wildman–Crippen LogP) is 4.49. The van der Waals surface area contributed by atoms with Crippen LogP contribution in [0.1, 0.15) is 23.0 Å². The molecule has 0 spiro atoms. The monoisotopic (exact) mass is 367 g/mol. The van der Waals surface area contributed by atoms with Gasteiger partial charge in [0.2, 0.25) is 0 Å². The predicted molar refractivity (Wildman–Crippen MR) is 90.2 cm³/mol. The number of hydrogen-bond donors (Lipinski definition) is 2. The normalized spacial score (nSPS) is 10.3. The lowest BCUT2D eigenvalue weighted by molar-refractivity contribution is 0.102. The van der Waals surface area contributed by atoms with Crippen molar-refractivity contribution >= 4 is 44.9 Å². The lowest BCUT2D eigenvalue weighted by Gasteiger charge is -2.10. The largest absolute Gasteiger partial charge is 0.370 e. The number of nitrogens with zero attached hydrogens (tertiary/aromatic N) is 1. The molecule has 1 heterocycles. The smallest absolute Gasteiger partial charge is 0.275 e. The summed E-state index contributed by atoms with van der Waals surface area (Å²) in [7, 11) is 0. The van der Waals surface area contributed by atoms with Crippen LogP contribution in [0.3, 0.4) is 0 Å². The Hall–Kier alpha value is -1.59. The summed E-state index contributed by atoms with van der Waals surface area (Å²) in [6.07, 6.45) is 0. The summed E-state index contributed by atoms with van der Waals surface area (Å²) in [4.78, 5) is 16.6. The van der Waals surface area contributed by atoms with E-state index >= 15 is 0 Å². The van der Waals surface area contributed by atoms with E-state index in [0.29, 0.717) is 16.5 Å². The van der Waals surface area contributed by atoms with E-state index < -0.39 is 0 Å². The molecule has 2 rings (SSSR count). The number of hydrogen-bond acceptors (Lipinski definition) is 3. The van der Waals surface area contributed by atoms with E-state index in [9.17, 15) is 4.79 Å². The molecule has 0 unspecified atom stereocenters. The molecule has 0 aliphatic heterocycles. The molecule has 0 atom stereocenters. The first kappa shape index (κ1) is 15.8. The van der Waals surface area contributed by atoms with E-state index in [2.05, 4.69) is 31.5 Å². The molecule has 110 valence electrons. The summed E-state index contributed by atoms with van der Waals surface area (Å²) in [5.41, 5.74) is 1.98. The van der Waals surface area contributed by atoms with Crippen LogP contribution in [0.4, 0.5) is 11.5 Å². The molecule has 0 fully saturated rings. The van der Waals surface area contributed by atoms with Gasteiger partial charge in [0.15, 0.2) is 0 Å². The minimum absolute atomic E-state index is 0.197. The second-order valence-electron chi connectivity index (χ2n) is 4.49. The van der Waals surface area contributed by atoms with Gasteiger partial charge in [-0.3, -0.25) is 4.79 Å². The molecule has 2 N–H and O–H groups in total. The number of aryl methyl sites for hydroxylation is 1. The Morgan fingerprint density at radius 3 is 2.76 bits per heavy atom. The van der Waals surface area contributed by atoms with Gasteiger partial charge in [-0.1, -0.05) is 17.7 Å². The summed E-state index contributed by atoms with van der Waals surface area (Å²) in [5.74, 6) is 0.277. The molecule has 0 saturated heterocycles. The number of amides is 1. The van der Waals surface area contributed by atoms with Crippen molar-refractivity contribution in [1.82, 2.24) is 4.98 Å². The Bertz CT molecular complexity index is 676. The number of benzene rings is 1. The van der Waals surface area contributed by atoms with Gasteiger partial charge in [0.1, 0.15) is 11.5 Å². The van der Waals surface area contributed by atoms with Gasteiger partial charge in [-0.05, 0) is 59.6 Å². The minimum atomic E-state index is -0.343. The topological polar surface area (TPSA) is 54.0 Å². The Balaban J connectivity index is 2.25. The summed E-state index contributed by atoms with van der Waals surface area (Å²) in [6, 6.07) is 9.08. The van der Waals surface area contributed by atoms with Crippen molar-refractivity contribution in [2.45, 2.75) is 13.8 Å². The summed E-state index contributed by atoms with van der Waals surface area (Å²) >= 11 is 9.49. The maximum atomic E-state index is 12.3. The minimum Gasteiger partial charge on any atom is -0.370 e. The van der Waals surface area contributed by atoms with Crippen LogP contribution in [-0.4, -0.2) is 17.4 Å². The zero-order chi connectivity index (χ0) is 15.4. The third kappa shape index (κ3) is 3.95. The van der Waals surface area contributed by atoms with E-state index in [-0.39, 0.29) is 11.6 Å². The van der Waals surface area contributed by atoms with Gasteiger partial charge in [-0.2, -0.15) is 0 Å². The van der Waals surface area contributed by atoms with Gasteiger partial charge in [-0.15, -0.1) is 0 Å². The second-order valence-corrected chi connectivity index (χ2v) is 5.76. The maximum absolute atomic E-state index is 12.3. The van der Waals surface area contributed by atoms with Crippen molar-refractivity contribution in [3.8, 4) is 0 Å². The molecule has 0 bridgehead atoms. The molecule has 4 nitrogen and oxygen atoms in total. The fourth-order valence-electron chi connectivity index (χ4n) is 1.78. The number of nitrogens with one attached hydrogen (secondary N) is 2. The zero-order valence-electron chi connectivity index (χ0n) is 11.7. The highest BCUT2D eigenvalue weighted by molar-refractivity contribution is 9.10. The number of carbonyl (C=O) groups is 1. The third-order valence-electron chi connectivity index (χ3n) is 2.79. The molecule has 2 aromatic rings.